The molecule has 3 aliphatic rings. The van der Waals surface area contributed by atoms with Crippen molar-refractivity contribution >= 4 is 111 Å². The summed E-state index contributed by atoms with van der Waals surface area (Å²) < 4.78 is 8.27. The molecule has 27 N–H and O–H groups in total. The quantitative estimate of drug-likeness (QED) is 0.0325. The fraction of sp³-hybridized carbons (Fsp3) is 0.474. The van der Waals surface area contributed by atoms with E-state index >= 15 is 9.59 Å². The Bertz CT molecular complexity index is 4390. The van der Waals surface area contributed by atoms with E-state index in [0.717, 1.165) is 28.6 Å². The second kappa shape index (κ2) is 45.0. The molecule has 3 aliphatic heterocycles. The number of imidazole rings is 1. The molecule has 43 nitrogen and oxygen atoms in total. The molecule has 652 valence electrons. The third-order valence-electron chi connectivity index (χ3n) is 19.7. The van der Waals surface area contributed by atoms with Gasteiger partial charge < -0.3 is 136 Å². The number of aliphatic hydroxyl groups is 10. The number of amides is 14. The van der Waals surface area contributed by atoms with Crippen LogP contribution in [0.2, 0.25) is 0 Å². The van der Waals surface area contributed by atoms with Crippen LogP contribution in [-0.2, 0) is 96.0 Å². The van der Waals surface area contributed by atoms with Crippen molar-refractivity contribution in [3.05, 3.63) is 142 Å². The smallest absolute Gasteiger partial charge is 0.326 e. The lowest BCUT2D eigenvalue weighted by atomic mass is 9.92. The highest BCUT2D eigenvalue weighted by atomic mass is 79.9. The molecule has 1 saturated heterocycles. The molecule has 3 aromatic carbocycles. The fourth-order valence-corrected chi connectivity index (χ4v) is 13.2. The number of nitrogens with zero attached hydrogens (tertiary/aromatic N) is 2. The summed E-state index contributed by atoms with van der Waals surface area (Å²) in [6.45, 7) is -1.90. The van der Waals surface area contributed by atoms with Crippen molar-refractivity contribution in [2.75, 3.05) is 26.4 Å². The van der Waals surface area contributed by atoms with E-state index in [1.807, 2.05) is 5.32 Å². The number of benzene rings is 3. The van der Waals surface area contributed by atoms with Crippen molar-refractivity contribution in [3.63, 3.8) is 0 Å². The van der Waals surface area contributed by atoms with E-state index in [-0.39, 0.29) is 5.56 Å². The monoisotopic (exact) mass is 1750 g/mol. The maximum absolute atomic E-state index is 15.4. The molecule has 0 saturated carbocycles. The molecule has 0 radical (unpaired) electrons. The molecule has 4 heterocycles. The second-order valence-electron chi connectivity index (χ2n) is 28.9. The number of nitrogens with two attached hydrogens (primary N) is 2. The molecule has 4 bridgehead atoms. The number of hydrogen-bond acceptors (Lipinski definition) is 26. The van der Waals surface area contributed by atoms with Gasteiger partial charge in [0, 0.05) is 36.1 Å². The standard InChI is InChI=1S/C76H99BrN16O27/c1-35(17-18-38-11-6-4-7-12-38)23-51(98)44-27-56(102)82-49(31-94)69(112)87-48-30-92-29-42(93(34-92)75-63(106)62(105)60(103)53(33-96)120-75)25-46(66(109)90-58(37(3)97)73(116)88-50(32-95)70(113)85-45(65(108)84-44)24-39-13-8-5-9-14-39)81-55(101)16-10-15-43(76(118)119)83-71(114)52(99)28-80-72(115)57(36(2)40-19-21-41(77)22-20-40)89-74(117)59(61(104)64(79)107)91-67(110)47(26-54(78)100)86-68(48)111/h4-9,11-14,17-23,29,34,36-37,43-53,57-63,75,94-99,103-106H,10,15-16,24-28,30-33H2,1-3H3,(H16-,78,79,80,81,82,83,84,85,86,87,88,89,90,91,100,101,102,107,108,109,110,111,112,113,114,115,116,117,118,119)/p+1/b18-17+,35-23+/t36-,37-,43-,44-,45-,46-,47-,48+,49-,50-,51-,52+,53+,57-,58-,59-,60-,61+,62-,63+,75+/m0/s1. The normalized spacial score (nSPS) is 28.3. The van der Waals surface area contributed by atoms with Crippen LogP contribution in [0, 0.1) is 0 Å². The summed E-state index contributed by atoms with van der Waals surface area (Å²) in [4.78, 5) is 215. The third-order valence-corrected chi connectivity index (χ3v) is 20.2. The number of ether oxygens (including phenoxy) is 1. The summed E-state index contributed by atoms with van der Waals surface area (Å²) in [5.74, 6) is -22.8. The first-order valence-corrected chi connectivity index (χ1v) is 38.6. The van der Waals surface area contributed by atoms with Crippen LogP contribution in [0.1, 0.15) is 87.4 Å². The number of halogens is 1. The average molecular weight is 1750 g/mol. The minimum Gasteiger partial charge on any atom is -0.480 e. The van der Waals surface area contributed by atoms with Gasteiger partial charge in [-0.05, 0) is 55.5 Å². The molecule has 120 heavy (non-hydrogen) atoms. The van der Waals surface area contributed by atoms with Crippen LogP contribution in [0.25, 0.3) is 6.08 Å². The van der Waals surface area contributed by atoms with Crippen LogP contribution in [0.15, 0.2) is 120 Å². The molecule has 1 fully saturated rings. The molecule has 0 aliphatic carbocycles. The Morgan fingerprint density at radius 1 is 0.600 bits per heavy atom. The van der Waals surface area contributed by atoms with Gasteiger partial charge in [-0.1, -0.05) is 119 Å². The molecule has 4 aromatic rings. The van der Waals surface area contributed by atoms with Crippen LogP contribution >= 0.6 is 15.9 Å². The van der Waals surface area contributed by atoms with E-state index in [2.05, 4.69) is 74.4 Å². The third kappa shape index (κ3) is 27.2. The SMILES string of the molecule is CC(/C=C/c1ccccc1)=C\[C@H](O)[C@@H]1CC(=O)N[C@@H](CO)C(=O)N[C@@H]2C[n+]3cc(n([C@@H]4O[C@H](CO)[C@H](O)[C@H](O)[C@H]4O)c3)C[C@H](NC(=O)CCC[C@@H](C(=O)O)NC(=O)[C@H](O)CNC(=O)[C@H]([C@@H](C)c3ccc(Br)cc3)NC(=O)[C@H]([C@@H](O)C(N)=O)NC(=O)[C@H](CC(N)=O)NC2=O)C(=O)N[C@@H]([C@H](C)O)C(=O)N[C@@H](CO)C(=O)N[C@@H](Cc2ccccc2)C(=O)N1. The maximum Gasteiger partial charge on any atom is 0.326 e. The number of aromatic nitrogens is 2. The Kier molecular flexibility index (Phi) is 35.9. The summed E-state index contributed by atoms with van der Waals surface area (Å²) >= 11 is 3.29. The van der Waals surface area contributed by atoms with Crippen LogP contribution in [-0.4, -0.2) is 291 Å². The molecule has 14 amide bonds. The molecule has 7 rings (SSSR count). The minimum atomic E-state index is -2.76. The highest BCUT2D eigenvalue weighted by Crippen LogP contribution is 2.30. The van der Waals surface area contributed by atoms with E-state index in [1.54, 1.807) is 79.7 Å². The zero-order valence-corrected chi connectivity index (χ0v) is 66.5. The van der Waals surface area contributed by atoms with Crippen molar-refractivity contribution < 1.29 is 137 Å². The van der Waals surface area contributed by atoms with E-state index in [9.17, 15) is 119 Å². The Morgan fingerprint density at radius 2 is 1.18 bits per heavy atom. The van der Waals surface area contributed by atoms with Crippen molar-refractivity contribution in [1.82, 2.24) is 68.4 Å². The van der Waals surface area contributed by atoms with E-state index < -0.39 is 300 Å². The topological polar surface area (TPSA) is 693 Å². The van der Waals surface area contributed by atoms with Gasteiger partial charge >= 0.3 is 5.97 Å². The summed E-state index contributed by atoms with van der Waals surface area (Å²) in [7, 11) is 0. The molecule has 0 spiro atoms. The number of carboxylic acid groups (broad SMARTS) is 1. The lowest BCUT2D eigenvalue weighted by Crippen LogP contribution is -2.64. The van der Waals surface area contributed by atoms with Gasteiger partial charge in [-0.2, -0.15) is 0 Å². The number of allylic oxidation sites excluding steroid dienone is 2. The molecular weight excluding hydrogens is 1650 g/mol. The van der Waals surface area contributed by atoms with Crippen molar-refractivity contribution in [2.45, 2.75) is 200 Å². The van der Waals surface area contributed by atoms with Gasteiger partial charge in [0.2, 0.25) is 89.3 Å². The number of carboxylic acids is 1. The van der Waals surface area contributed by atoms with Gasteiger partial charge in [-0.3, -0.25) is 67.1 Å². The first kappa shape index (κ1) is 95.6. The first-order valence-electron chi connectivity index (χ1n) is 37.8. The van der Waals surface area contributed by atoms with Gasteiger partial charge in [0.1, 0.15) is 109 Å². The lowest BCUT2D eigenvalue weighted by molar-refractivity contribution is -0.697. The summed E-state index contributed by atoms with van der Waals surface area (Å²) in [6, 6.07) is -0.629. The van der Waals surface area contributed by atoms with Crippen LogP contribution < -0.4 is 79.8 Å². The van der Waals surface area contributed by atoms with Crippen LogP contribution in [0.4, 0.5) is 0 Å². The zero-order valence-electron chi connectivity index (χ0n) is 65.0. The predicted octanol–water partition coefficient (Wildman–Crippen LogP) is -10.3. The number of β-amino-alcohol motifs (C(OH)–C–C–N with tert-alkyl or cyclic N) is 1. The van der Waals surface area contributed by atoms with Crippen LogP contribution in [0.3, 0.4) is 0 Å². The van der Waals surface area contributed by atoms with E-state index in [1.165, 1.54) is 37.3 Å². The van der Waals surface area contributed by atoms with Crippen molar-refractivity contribution in [1.29, 1.82) is 0 Å². The number of carbonyl (C=O) groups is 15. The number of aliphatic carboxylic acids is 1. The number of aliphatic hydroxyl groups excluding tert-OH is 10. The lowest BCUT2D eigenvalue weighted by Gasteiger charge is -2.38. The predicted molar refractivity (Wildman–Crippen MR) is 417 cm³/mol. The van der Waals surface area contributed by atoms with Crippen molar-refractivity contribution in [3.8, 4) is 0 Å². The Morgan fingerprint density at radius 3 is 1.79 bits per heavy atom. The zero-order chi connectivity index (χ0) is 88.5. The molecule has 21 atom stereocenters. The van der Waals surface area contributed by atoms with Crippen LogP contribution in [0.5, 0.6) is 0 Å². The van der Waals surface area contributed by atoms with E-state index in [4.69, 9.17) is 16.2 Å². The average Bonchev–Trinajstić information content (AvgIpc) is 1.59. The fourth-order valence-electron chi connectivity index (χ4n) is 13.0. The largest absolute Gasteiger partial charge is 0.480 e. The Labute approximate surface area is 693 Å². The molecular formula is C76H100BrN16O27+. The Hall–Kier alpha value is -11.6. The highest BCUT2D eigenvalue weighted by molar-refractivity contribution is 9.10. The number of carbonyl (C=O) groups excluding carboxylic acids is 14. The second-order valence-corrected chi connectivity index (χ2v) is 29.8. The summed E-state index contributed by atoms with van der Waals surface area (Å²) in [5, 5.41) is 149. The van der Waals surface area contributed by atoms with Gasteiger partial charge in [0.25, 0.3) is 5.91 Å². The Balaban J connectivity index is 1.45. The minimum absolute atomic E-state index is 0.286. The number of primary amides is 2. The summed E-state index contributed by atoms with van der Waals surface area (Å²) in [6.07, 6.45) is -18.4. The van der Waals surface area contributed by atoms with E-state index in [0.29, 0.717) is 21.2 Å². The highest BCUT2D eigenvalue weighted by Gasteiger charge is 2.49. The number of hydrogen-bond donors (Lipinski definition) is 25. The van der Waals surface area contributed by atoms with Gasteiger partial charge in [-0.15, -0.1) is 0 Å². The number of rotatable bonds is 18. The molecule has 44 heteroatoms. The number of fused-ring (bicyclic) bond motifs is 2. The molecule has 0 unspecified atom stereocenters. The van der Waals surface area contributed by atoms with Gasteiger partial charge in [0.15, 0.2) is 6.10 Å². The van der Waals surface area contributed by atoms with Gasteiger partial charge in [0.05, 0.1) is 51.0 Å². The number of nitrogens with one attached hydrogen (secondary N) is 12. The first-order chi connectivity index (χ1) is 56.8. The van der Waals surface area contributed by atoms with Gasteiger partial charge in [-0.25, -0.2) is 13.9 Å². The summed E-state index contributed by atoms with van der Waals surface area (Å²) in [5.41, 5.74) is 12.4. The molecule has 1 aromatic heterocycles. The maximum atomic E-state index is 15.4. The van der Waals surface area contributed by atoms with Crippen molar-refractivity contribution in [2.24, 2.45) is 11.5 Å².